The van der Waals surface area contributed by atoms with Crippen molar-refractivity contribution in [2.45, 2.75) is 125 Å². The first-order valence-electron chi connectivity index (χ1n) is 15.1. The van der Waals surface area contributed by atoms with Gasteiger partial charge in [0.15, 0.2) is 0 Å². The summed E-state index contributed by atoms with van der Waals surface area (Å²) in [4.78, 5) is 18.2. The van der Waals surface area contributed by atoms with Gasteiger partial charge >= 0.3 is 0 Å². The normalized spacial score (nSPS) is 13.4. The number of hydrogen-bond donors (Lipinski definition) is 1. The topological polar surface area (TPSA) is 50.7 Å². The van der Waals surface area contributed by atoms with Gasteiger partial charge in [-0.3, -0.25) is 4.79 Å². The Labute approximate surface area is 228 Å². The largest absolute Gasteiger partial charge is 0.360 e. The number of hydrogen-bond acceptors (Lipinski definition) is 3. The molecule has 1 aromatic carbocycles. The second-order valence-electron chi connectivity index (χ2n) is 11.1. The molecule has 1 aromatic rings. The van der Waals surface area contributed by atoms with Crippen LogP contribution in [-0.2, 0) is 16.1 Å². The number of unbranched alkanes of at least 4 members (excludes halogenated alkanes) is 7. The highest BCUT2D eigenvalue weighted by Gasteiger charge is 2.17. The second kappa shape index (κ2) is 19.9. The van der Waals surface area contributed by atoms with E-state index in [4.69, 9.17) is 4.84 Å². The number of rotatable bonds is 21. The smallest absolute Gasteiger partial charge is 0.223 e. The fourth-order valence-electron chi connectivity index (χ4n) is 4.48. The number of nitrogens with one attached hydrogen (secondary N) is 1. The van der Waals surface area contributed by atoms with Crippen LogP contribution in [0.1, 0.15) is 130 Å². The summed E-state index contributed by atoms with van der Waals surface area (Å²) in [5, 5.41) is 7.40. The predicted octanol–water partition coefficient (Wildman–Crippen LogP) is 9.23. The van der Waals surface area contributed by atoms with Crippen LogP contribution in [0.5, 0.6) is 0 Å². The molecule has 0 saturated heterocycles. The van der Waals surface area contributed by atoms with E-state index < -0.39 is 0 Å². The third-order valence-electron chi connectivity index (χ3n) is 7.42. The fraction of sp³-hybridized carbons (Fsp3) is 0.697. The molecule has 1 amide bonds. The summed E-state index contributed by atoms with van der Waals surface area (Å²) in [6, 6.07) is 8.73. The van der Waals surface area contributed by atoms with Crippen LogP contribution in [0.3, 0.4) is 0 Å². The molecule has 0 aliphatic heterocycles. The summed E-state index contributed by atoms with van der Waals surface area (Å²) in [5.41, 5.74) is 3.35. The zero-order valence-electron chi connectivity index (χ0n) is 24.9. The van der Waals surface area contributed by atoms with Gasteiger partial charge in [0.05, 0.1) is 12.3 Å². The van der Waals surface area contributed by atoms with E-state index in [-0.39, 0.29) is 24.3 Å². The number of amides is 1. The van der Waals surface area contributed by atoms with Crippen LogP contribution in [0.2, 0.25) is 0 Å². The highest BCUT2D eigenvalue weighted by atomic mass is 16.6. The Morgan fingerprint density at radius 1 is 0.892 bits per heavy atom. The van der Waals surface area contributed by atoms with Crippen molar-refractivity contribution in [3.8, 4) is 0 Å². The second-order valence-corrected chi connectivity index (χ2v) is 11.1. The first-order valence-corrected chi connectivity index (χ1v) is 15.1. The molecule has 1 rings (SSSR count). The molecule has 0 aliphatic rings. The van der Waals surface area contributed by atoms with Crippen LogP contribution >= 0.6 is 0 Å². The van der Waals surface area contributed by atoms with Crippen LogP contribution in [0.15, 0.2) is 41.8 Å². The lowest BCUT2D eigenvalue weighted by molar-refractivity contribution is -0.125. The van der Waals surface area contributed by atoms with Gasteiger partial charge in [0, 0.05) is 5.92 Å². The average Bonchev–Trinajstić information content (AvgIpc) is 2.89. The summed E-state index contributed by atoms with van der Waals surface area (Å²) in [5.74, 6) is 1.44. The number of aryl methyl sites for hydroxylation is 1. The monoisotopic (exact) mass is 512 g/mol. The molecule has 2 atom stereocenters. The SMILES string of the molecule is C=C(CNC(=O)[C@H](CC)CCC(C)CC)O/N=C(/c1ccc(CCCCCCCCCC)cc1)C(C)C. The van der Waals surface area contributed by atoms with Crippen molar-refractivity contribution in [1.29, 1.82) is 0 Å². The third kappa shape index (κ3) is 14.4. The van der Waals surface area contributed by atoms with Crippen molar-refractivity contribution in [2.24, 2.45) is 22.9 Å². The van der Waals surface area contributed by atoms with Crippen LogP contribution in [0, 0.1) is 17.8 Å². The van der Waals surface area contributed by atoms with E-state index in [1.54, 1.807) is 0 Å². The van der Waals surface area contributed by atoms with E-state index in [1.165, 1.54) is 56.9 Å². The Morgan fingerprint density at radius 3 is 2.08 bits per heavy atom. The Balaban J connectivity index is 2.50. The molecule has 0 fully saturated rings. The fourth-order valence-corrected chi connectivity index (χ4v) is 4.48. The van der Waals surface area contributed by atoms with Gasteiger partial charge in [0.2, 0.25) is 5.91 Å². The first kappa shape index (κ1) is 32.9. The van der Waals surface area contributed by atoms with E-state index in [2.05, 4.69) is 82.9 Å². The molecule has 0 aliphatic carbocycles. The summed E-state index contributed by atoms with van der Waals surface area (Å²) in [6.45, 7) is 17.3. The van der Waals surface area contributed by atoms with Gasteiger partial charge in [-0.05, 0) is 55.1 Å². The van der Waals surface area contributed by atoms with E-state index in [9.17, 15) is 4.79 Å². The standard InChI is InChI=1S/C33H56N2O2/c1-8-11-12-13-14-15-16-17-18-29-20-23-31(24-21-29)32(26(4)5)35-37-28(7)25-34-33(36)30(10-3)22-19-27(6)9-2/h20-21,23-24,26-27,30H,7-19,22,25H2,1-6H3,(H,34,36)/b35-32+/t27?,30-/m1/s1. The Bertz CT molecular complexity index is 782. The van der Waals surface area contributed by atoms with Gasteiger partial charge in [0.1, 0.15) is 5.76 Å². The van der Waals surface area contributed by atoms with E-state index in [1.807, 2.05) is 0 Å². The van der Waals surface area contributed by atoms with Crippen LogP contribution < -0.4 is 5.32 Å². The lowest BCUT2D eigenvalue weighted by atomic mass is 9.93. The Morgan fingerprint density at radius 2 is 1.51 bits per heavy atom. The van der Waals surface area contributed by atoms with E-state index >= 15 is 0 Å². The van der Waals surface area contributed by atoms with Gasteiger partial charge < -0.3 is 10.2 Å². The minimum Gasteiger partial charge on any atom is -0.360 e. The molecule has 0 spiro atoms. The van der Waals surface area contributed by atoms with E-state index in [0.29, 0.717) is 11.7 Å². The summed E-state index contributed by atoms with van der Waals surface area (Å²) < 4.78 is 0. The molecule has 0 saturated carbocycles. The number of oxime groups is 1. The number of nitrogens with zero attached hydrogens (tertiary/aromatic N) is 1. The number of carbonyl (C=O) groups is 1. The molecular weight excluding hydrogens is 456 g/mol. The molecule has 4 heteroatoms. The van der Waals surface area contributed by atoms with Crippen molar-refractivity contribution in [3.63, 3.8) is 0 Å². The van der Waals surface area contributed by atoms with Gasteiger partial charge in [-0.1, -0.05) is 129 Å². The maximum Gasteiger partial charge on any atom is 0.223 e. The van der Waals surface area contributed by atoms with Crippen LogP contribution in [-0.4, -0.2) is 18.2 Å². The molecule has 37 heavy (non-hydrogen) atoms. The van der Waals surface area contributed by atoms with Crippen molar-refractivity contribution >= 4 is 11.6 Å². The molecule has 0 aromatic heterocycles. The summed E-state index contributed by atoms with van der Waals surface area (Å²) in [6.07, 6.45) is 15.9. The lowest BCUT2D eigenvalue weighted by Gasteiger charge is -2.17. The number of carbonyl (C=O) groups excluding carboxylic acids is 1. The molecule has 0 radical (unpaired) electrons. The molecule has 0 heterocycles. The lowest BCUT2D eigenvalue weighted by Crippen LogP contribution is -2.32. The molecular formula is C33H56N2O2. The van der Waals surface area contributed by atoms with Gasteiger partial charge in [-0.25, -0.2) is 0 Å². The van der Waals surface area contributed by atoms with Crippen molar-refractivity contribution in [2.75, 3.05) is 6.54 Å². The Kier molecular flexibility index (Phi) is 17.7. The van der Waals surface area contributed by atoms with Crippen molar-refractivity contribution in [1.82, 2.24) is 5.32 Å². The maximum absolute atomic E-state index is 12.6. The summed E-state index contributed by atoms with van der Waals surface area (Å²) >= 11 is 0. The quantitative estimate of drug-likeness (QED) is 0.0772. The van der Waals surface area contributed by atoms with Crippen molar-refractivity contribution < 1.29 is 9.63 Å². The van der Waals surface area contributed by atoms with Gasteiger partial charge in [-0.15, -0.1) is 0 Å². The molecule has 1 unspecified atom stereocenters. The first-order chi connectivity index (χ1) is 17.8. The van der Waals surface area contributed by atoms with E-state index in [0.717, 1.165) is 43.4 Å². The average molecular weight is 513 g/mol. The highest BCUT2D eigenvalue weighted by molar-refractivity contribution is 6.01. The molecule has 1 N–H and O–H groups in total. The molecule has 4 nitrogen and oxygen atoms in total. The van der Waals surface area contributed by atoms with Gasteiger partial charge in [0.25, 0.3) is 0 Å². The van der Waals surface area contributed by atoms with Crippen LogP contribution in [0.4, 0.5) is 0 Å². The maximum atomic E-state index is 12.6. The Hall–Kier alpha value is -2.10. The van der Waals surface area contributed by atoms with Crippen LogP contribution in [0.25, 0.3) is 0 Å². The predicted molar refractivity (Wildman–Crippen MR) is 160 cm³/mol. The van der Waals surface area contributed by atoms with Gasteiger partial charge in [-0.2, -0.15) is 0 Å². The highest BCUT2D eigenvalue weighted by Crippen LogP contribution is 2.18. The minimum atomic E-state index is 0.0424. The summed E-state index contributed by atoms with van der Waals surface area (Å²) in [7, 11) is 0. The zero-order valence-corrected chi connectivity index (χ0v) is 24.9. The van der Waals surface area contributed by atoms with Crippen molar-refractivity contribution in [3.05, 3.63) is 47.7 Å². The third-order valence-corrected chi connectivity index (χ3v) is 7.42. The minimum absolute atomic E-state index is 0.0424. The number of benzene rings is 1. The molecule has 0 bridgehead atoms. The molecule has 210 valence electrons. The zero-order chi connectivity index (χ0) is 27.5.